The van der Waals surface area contributed by atoms with Crippen molar-refractivity contribution in [3.05, 3.63) is 0 Å². The minimum Gasteiger partial charge on any atom is -0.249 e. The highest BCUT2D eigenvalue weighted by Crippen LogP contribution is 2.69. The van der Waals surface area contributed by atoms with Crippen molar-refractivity contribution in [3.63, 3.8) is 0 Å². The predicted octanol–water partition coefficient (Wildman–Crippen LogP) is 7.78. The SMILES string of the molecule is CC(C)CCC[C@@H](C)[C@H]1CC[C@H]2[C@@H]3CC[C@H]4CC(OO)(OO)CC[C@]4(C)[C@H]3CC[C@]12C. The topological polar surface area (TPSA) is 58.9 Å². The lowest BCUT2D eigenvalue weighted by Gasteiger charge is -2.62. The van der Waals surface area contributed by atoms with E-state index in [1.807, 2.05) is 0 Å². The van der Waals surface area contributed by atoms with Crippen LogP contribution in [-0.4, -0.2) is 16.3 Å². The molecule has 2 N–H and O–H groups in total. The third-order valence-electron chi connectivity index (χ3n) is 11.2. The molecule has 0 spiro atoms. The van der Waals surface area contributed by atoms with Crippen LogP contribution in [-0.2, 0) is 9.78 Å². The summed E-state index contributed by atoms with van der Waals surface area (Å²) >= 11 is 0. The van der Waals surface area contributed by atoms with Gasteiger partial charge >= 0.3 is 0 Å². The number of fused-ring (bicyclic) bond motifs is 5. The molecule has 0 bridgehead atoms. The Balaban J connectivity index is 1.46. The van der Waals surface area contributed by atoms with Gasteiger partial charge in [0.25, 0.3) is 0 Å². The standard InChI is InChI=1S/C27H48O4/c1-18(2)7-6-8-19(3)22-11-12-23-21-10-9-20-17-27(30-28,31-29)16-15-25(20,4)24(21)13-14-26(22,23)5/h18-24,28-29H,6-17H2,1-5H3/t19-,20+,21+,22-,23+,24+,25+,26-/m1/s1. The molecule has 0 aromatic rings. The van der Waals surface area contributed by atoms with Crippen molar-refractivity contribution in [3.8, 4) is 0 Å². The molecule has 0 heterocycles. The van der Waals surface area contributed by atoms with Crippen molar-refractivity contribution in [2.75, 3.05) is 0 Å². The third kappa shape index (κ3) is 4.02. The molecule has 4 aliphatic carbocycles. The Hall–Kier alpha value is -0.160. The van der Waals surface area contributed by atoms with Gasteiger partial charge in [0.2, 0.25) is 5.79 Å². The fourth-order valence-electron chi connectivity index (χ4n) is 9.40. The number of hydrogen-bond donors (Lipinski definition) is 2. The van der Waals surface area contributed by atoms with Crippen LogP contribution in [0, 0.1) is 52.3 Å². The monoisotopic (exact) mass is 436 g/mol. The third-order valence-corrected chi connectivity index (χ3v) is 11.2. The molecule has 4 rings (SSSR count). The Morgan fingerprint density at radius 1 is 0.806 bits per heavy atom. The molecule has 4 nitrogen and oxygen atoms in total. The minimum absolute atomic E-state index is 0.284. The van der Waals surface area contributed by atoms with Gasteiger partial charge in [0.15, 0.2) is 0 Å². The van der Waals surface area contributed by atoms with Crippen LogP contribution >= 0.6 is 0 Å². The molecule has 0 saturated heterocycles. The predicted molar refractivity (Wildman–Crippen MR) is 123 cm³/mol. The fourth-order valence-corrected chi connectivity index (χ4v) is 9.40. The van der Waals surface area contributed by atoms with Gasteiger partial charge in [0.1, 0.15) is 0 Å². The van der Waals surface area contributed by atoms with Gasteiger partial charge in [0.05, 0.1) is 0 Å². The molecule has 0 aromatic heterocycles. The van der Waals surface area contributed by atoms with E-state index in [0.717, 1.165) is 41.9 Å². The van der Waals surface area contributed by atoms with E-state index < -0.39 is 5.79 Å². The first-order valence-corrected chi connectivity index (χ1v) is 13.3. The van der Waals surface area contributed by atoms with Crippen molar-refractivity contribution in [1.29, 1.82) is 0 Å². The minimum atomic E-state index is -1.20. The summed E-state index contributed by atoms with van der Waals surface area (Å²) in [5.41, 5.74) is 0.814. The van der Waals surface area contributed by atoms with Gasteiger partial charge in [-0.2, -0.15) is 0 Å². The summed E-state index contributed by atoms with van der Waals surface area (Å²) in [7, 11) is 0. The Kier molecular flexibility index (Phi) is 6.88. The molecule has 4 fully saturated rings. The van der Waals surface area contributed by atoms with E-state index in [0.29, 0.717) is 24.2 Å². The molecule has 0 unspecified atom stereocenters. The van der Waals surface area contributed by atoms with E-state index >= 15 is 0 Å². The summed E-state index contributed by atoms with van der Waals surface area (Å²) in [5.74, 6) is 4.35. The van der Waals surface area contributed by atoms with Gasteiger partial charge in [0, 0.05) is 12.8 Å². The van der Waals surface area contributed by atoms with Gasteiger partial charge in [-0.15, -0.1) is 0 Å². The van der Waals surface area contributed by atoms with Crippen LogP contribution in [0.25, 0.3) is 0 Å². The van der Waals surface area contributed by atoms with Crippen LogP contribution in [0.2, 0.25) is 0 Å². The second-order valence-corrected chi connectivity index (χ2v) is 13.0. The van der Waals surface area contributed by atoms with Crippen molar-refractivity contribution >= 4 is 0 Å². The second-order valence-electron chi connectivity index (χ2n) is 13.0. The van der Waals surface area contributed by atoms with Crippen LogP contribution in [0.5, 0.6) is 0 Å². The fraction of sp³-hybridized carbons (Fsp3) is 1.00. The van der Waals surface area contributed by atoms with Gasteiger partial charge < -0.3 is 0 Å². The second kappa shape index (κ2) is 8.89. The van der Waals surface area contributed by atoms with E-state index in [-0.39, 0.29) is 5.41 Å². The Bertz CT molecular complexity index is 616. The Labute approximate surface area is 190 Å². The molecule has 4 saturated carbocycles. The summed E-state index contributed by atoms with van der Waals surface area (Å²) in [4.78, 5) is 9.32. The zero-order valence-corrected chi connectivity index (χ0v) is 20.7. The van der Waals surface area contributed by atoms with Gasteiger partial charge in [-0.25, -0.2) is 20.3 Å². The Morgan fingerprint density at radius 3 is 2.19 bits per heavy atom. The molecule has 4 aliphatic rings. The number of rotatable bonds is 7. The van der Waals surface area contributed by atoms with Crippen molar-refractivity contribution in [1.82, 2.24) is 0 Å². The maximum Gasteiger partial charge on any atom is 0.233 e. The summed E-state index contributed by atoms with van der Waals surface area (Å²) in [6, 6.07) is 0. The highest BCUT2D eigenvalue weighted by Gasteiger charge is 2.62. The van der Waals surface area contributed by atoms with E-state index in [9.17, 15) is 10.5 Å². The average molecular weight is 437 g/mol. The van der Waals surface area contributed by atoms with E-state index in [1.54, 1.807) is 0 Å². The normalized spacial score (nSPS) is 45.1. The molecule has 0 radical (unpaired) electrons. The summed E-state index contributed by atoms with van der Waals surface area (Å²) < 4.78 is 0. The lowest BCUT2D eigenvalue weighted by atomic mass is 9.44. The molecular weight excluding hydrogens is 388 g/mol. The number of hydrogen-bond acceptors (Lipinski definition) is 4. The highest BCUT2D eigenvalue weighted by molar-refractivity contribution is 5.10. The van der Waals surface area contributed by atoms with Gasteiger partial charge in [-0.05, 0) is 97.2 Å². The van der Waals surface area contributed by atoms with Crippen molar-refractivity contribution < 1.29 is 20.3 Å². The molecule has 4 heteroatoms. The van der Waals surface area contributed by atoms with Crippen LogP contribution in [0.3, 0.4) is 0 Å². The summed E-state index contributed by atoms with van der Waals surface area (Å²) in [6.07, 6.45) is 14.4. The molecule has 8 atom stereocenters. The maximum atomic E-state index is 9.39. The first-order chi connectivity index (χ1) is 14.7. The first kappa shape index (κ1) is 24.0. The zero-order valence-electron chi connectivity index (χ0n) is 20.7. The smallest absolute Gasteiger partial charge is 0.233 e. The average Bonchev–Trinajstić information content (AvgIpc) is 3.10. The van der Waals surface area contributed by atoms with E-state index in [1.165, 1.54) is 57.8 Å². The van der Waals surface area contributed by atoms with Crippen LogP contribution in [0.1, 0.15) is 112 Å². The zero-order chi connectivity index (χ0) is 22.4. The van der Waals surface area contributed by atoms with Crippen molar-refractivity contribution in [2.45, 2.75) is 117 Å². The quantitative estimate of drug-likeness (QED) is 0.243. The maximum absolute atomic E-state index is 9.39. The lowest BCUT2D eigenvalue weighted by molar-refractivity contribution is -0.499. The summed E-state index contributed by atoms with van der Waals surface area (Å²) in [5, 5.41) is 18.8. The van der Waals surface area contributed by atoms with Gasteiger partial charge in [-0.3, -0.25) is 0 Å². The van der Waals surface area contributed by atoms with E-state index in [4.69, 9.17) is 0 Å². The molecule has 0 aliphatic heterocycles. The molecule has 31 heavy (non-hydrogen) atoms. The van der Waals surface area contributed by atoms with Crippen LogP contribution in [0.15, 0.2) is 0 Å². The lowest BCUT2D eigenvalue weighted by Crippen LogP contribution is -2.56. The molecule has 0 aromatic carbocycles. The molecule has 180 valence electrons. The van der Waals surface area contributed by atoms with Crippen molar-refractivity contribution in [2.24, 2.45) is 52.3 Å². The molecular formula is C27H48O4. The van der Waals surface area contributed by atoms with Crippen LogP contribution in [0.4, 0.5) is 0 Å². The summed E-state index contributed by atoms with van der Waals surface area (Å²) in [6.45, 7) is 12.4. The molecule has 0 amide bonds. The Morgan fingerprint density at radius 2 is 1.52 bits per heavy atom. The van der Waals surface area contributed by atoms with Crippen LogP contribution < -0.4 is 0 Å². The van der Waals surface area contributed by atoms with E-state index in [2.05, 4.69) is 44.4 Å². The highest BCUT2D eigenvalue weighted by atomic mass is 17.2. The van der Waals surface area contributed by atoms with Gasteiger partial charge in [-0.1, -0.05) is 53.9 Å². The first-order valence-electron chi connectivity index (χ1n) is 13.3. The largest absolute Gasteiger partial charge is 0.249 e.